The fraction of sp³-hybridized carbons (Fsp3) is 0.235. The van der Waals surface area contributed by atoms with Crippen LogP contribution in [-0.4, -0.2) is 39.3 Å². The van der Waals surface area contributed by atoms with E-state index in [0.29, 0.717) is 0 Å². The number of carbonyl (C=O) groups excluding carboxylic acids is 1. The average molecular weight is 452 g/mol. The fourth-order valence-electron chi connectivity index (χ4n) is 2.25. The largest absolute Gasteiger partial charge is 0.495 e. The summed E-state index contributed by atoms with van der Waals surface area (Å²) in [6.45, 7) is 1.33. The van der Waals surface area contributed by atoms with Crippen molar-refractivity contribution in [3.63, 3.8) is 0 Å². The third-order valence-corrected chi connectivity index (χ3v) is 6.52. The number of anilines is 1. The third kappa shape index (κ3) is 5.06. The topological polar surface area (TPSA) is 75.7 Å². The Balaban J connectivity index is 2.21. The number of sulfonamides is 1. The normalized spacial score (nSPS) is 11.5. The first-order valence-electron chi connectivity index (χ1n) is 7.61. The zero-order valence-corrected chi connectivity index (χ0v) is 17.8. The Morgan fingerprint density at radius 1 is 1.11 bits per heavy atom. The summed E-state index contributed by atoms with van der Waals surface area (Å²) >= 11 is 17.8. The van der Waals surface area contributed by atoms with Crippen LogP contribution in [0, 0.1) is 6.92 Å². The lowest BCUT2D eigenvalue weighted by Crippen LogP contribution is -2.35. The first-order chi connectivity index (χ1) is 12.6. The Labute approximate surface area is 173 Å². The standard InChI is InChI=1S/C17H17Cl3N2O4S/c1-10-4-5-15(26-3)16(6-10)27(24,25)22(2)9-17(23)21-14-8-12(19)11(18)7-13(14)20/h4-8H,9H2,1-3H3,(H,21,23). The Bertz CT molecular complexity index is 980. The summed E-state index contributed by atoms with van der Waals surface area (Å²) in [6.07, 6.45) is 0. The molecule has 0 radical (unpaired) electrons. The summed E-state index contributed by atoms with van der Waals surface area (Å²) in [5, 5.41) is 3.16. The number of ether oxygens (including phenoxy) is 1. The van der Waals surface area contributed by atoms with Crippen LogP contribution in [-0.2, 0) is 14.8 Å². The van der Waals surface area contributed by atoms with Crippen molar-refractivity contribution >= 4 is 56.4 Å². The number of hydrogen-bond donors (Lipinski definition) is 1. The molecule has 0 spiro atoms. The quantitative estimate of drug-likeness (QED) is 0.667. The highest BCUT2D eigenvalue weighted by Gasteiger charge is 2.27. The average Bonchev–Trinajstić information content (AvgIpc) is 2.59. The second kappa shape index (κ2) is 8.67. The molecule has 0 unspecified atom stereocenters. The first-order valence-corrected chi connectivity index (χ1v) is 10.2. The number of aryl methyl sites for hydroxylation is 1. The van der Waals surface area contributed by atoms with Gasteiger partial charge in [-0.15, -0.1) is 0 Å². The van der Waals surface area contributed by atoms with Gasteiger partial charge in [-0.25, -0.2) is 8.42 Å². The molecule has 2 aromatic carbocycles. The zero-order valence-electron chi connectivity index (χ0n) is 14.7. The van der Waals surface area contributed by atoms with Crippen molar-refractivity contribution in [2.45, 2.75) is 11.8 Å². The number of carbonyl (C=O) groups is 1. The Morgan fingerprint density at radius 2 is 1.74 bits per heavy atom. The van der Waals surface area contributed by atoms with E-state index in [1.54, 1.807) is 19.1 Å². The van der Waals surface area contributed by atoms with Crippen molar-refractivity contribution < 1.29 is 17.9 Å². The molecule has 27 heavy (non-hydrogen) atoms. The molecule has 2 rings (SSSR count). The van der Waals surface area contributed by atoms with Gasteiger partial charge in [-0.05, 0) is 36.8 Å². The van der Waals surface area contributed by atoms with E-state index >= 15 is 0 Å². The van der Waals surface area contributed by atoms with Gasteiger partial charge in [0, 0.05) is 7.05 Å². The molecule has 146 valence electrons. The first kappa shape index (κ1) is 21.8. The molecule has 0 saturated carbocycles. The second-order valence-corrected chi connectivity index (χ2v) is 8.94. The predicted octanol–water partition coefficient (Wildman–Crippen LogP) is 4.22. The molecule has 1 N–H and O–H groups in total. The number of likely N-dealkylation sites (N-methyl/N-ethyl adjacent to an activating group) is 1. The monoisotopic (exact) mass is 450 g/mol. The summed E-state index contributed by atoms with van der Waals surface area (Å²) < 4.78 is 31.7. The maximum absolute atomic E-state index is 12.8. The number of benzene rings is 2. The zero-order chi connectivity index (χ0) is 20.4. The van der Waals surface area contributed by atoms with Crippen LogP contribution in [0.25, 0.3) is 0 Å². The van der Waals surface area contributed by atoms with Gasteiger partial charge in [-0.3, -0.25) is 4.79 Å². The van der Waals surface area contributed by atoms with Crippen molar-refractivity contribution in [1.82, 2.24) is 4.31 Å². The van der Waals surface area contributed by atoms with E-state index in [1.807, 2.05) is 0 Å². The molecule has 1 amide bonds. The number of amides is 1. The van der Waals surface area contributed by atoms with Crippen LogP contribution in [0.15, 0.2) is 35.2 Å². The van der Waals surface area contributed by atoms with E-state index in [0.717, 1.165) is 9.87 Å². The summed E-state index contributed by atoms with van der Waals surface area (Å²) in [5.41, 5.74) is 0.977. The maximum Gasteiger partial charge on any atom is 0.246 e. The smallest absolute Gasteiger partial charge is 0.246 e. The van der Waals surface area contributed by atoms with E-state index in [9.17, 15) is 13.2 Å². The van der Waals surface area contributed by atoms with Crippen LogP contribution in [0.1, 0.15) is 5.56 Å². The molecule has 0 aliphatic rings. The molecule has 0 atom stereocenters. The van der Waals surface area contributed by atoms with E-state index in [4.69, 9.17) is 39.5 Å². The minimum atomic E-state index is -3.95. The molecular weight excluding hydrogens is 435 g/mol. The number of nitrogens with one attached hydrogen (secondary N) is 1. The fourth-order valence-corrected chi connectivity index (χ4v) is 4.21. The number of methoxy groups -OCH3 is 1. The summed E-state index contributed by atoms with van der Waals surface area (Å²) in [5.74, 6) is -0.395. The predicted molar refractivity (Wildman–Crippen MR) is 108 cm³/mol. The highest BCUT2D eigenvalue weighted by Crippen LogP contribution is 2.32. The molecule has 0 fully saturated rings. The van der Waals surface area contributed by atoms with Gasteiger partial charge in [0.05, 0.1) is 34.4 Å². The Morgan fingerprint density at radius 3 is 2.37 bits per heavy atom. The highest BCUT2D eigenvalue weighted by atomic mass is 35.5. The van der Waals surface area contributed by atoms with Crippen LogP contribution in [0.2, 0.25) is 15.1 Å². The maximum atomic E-state index is 12.8. The summed E-state index contributed by atoms with van der Waals surface area (Å²) in [6, 6.07) is 7.56. The molecule has 0 aromatic heterocycles. The lowest BCUT2D eigenvalue weighted by atomic mass is 10.2. The highest BCUT2D eigenvalue weighted by molar-refractivity contribution is 7.89. The van der Waals surface area contributed by atoms with Crippen LogP contribution in [0.3, 0.4) is 0 Å². The molecule has 0 bridgehead atoms. The molecule has 0 heterocycles. The van der Waals surface area contributed by atoms with E-state index in [-0.39, 0.29) is 31.4 Å². The lowest BCUT2D eigenvalue weighted by molar-refractivity contribution is -0.116. The van der Waals surface area contributed by atoms with Gasteiger partial charge in [0.25, 0.3) is 0 Å². The third-order valence-electron chi connectivity index (χ3n) is 3.66. The summed E-state index contributed by atoms with van der Waals surface area (Å²) in [7, 11) is -1.27. The van der Waals surface area contributed by atoms with E-state index in [2.05, 4.69) is 5.32 Å². The van der Waals surface area contributed by atoms with Gasteiger partial charge in [-0.1, -0.05) is 40.9 Å². The van der Waals surface area contributed by atoms with Crippen molar-refractivity contribution in [1.29, 1.82) is 0 Å². The van der Waals surface area contributed by atoms with Crippen LogP contribution >= 0.6 is 34.8 Å². The number of hydrogen-bond acceptors (Lipinski definition) is 4. The van der Waals surface area contributed by atoms with Crippen molar-refractivity contribution in [2.24, 2.45) is 0 Å². The molecule has 10 heteroatoms. The van der Waals surface area contributed by atoms with Crippen molar-refractivity contribution in [3.05, 3.63) is 51.0 Å². The van der Waals surface area contributed by atoms with E-state index in [1.165, 1.54) is 32.4 Å². The minimum absolute atomic E-state index is 0.0205. The summed E-state index contributed by atoms with van der Waals surface area (Å²) in [4.78, 5) is 12.3. The van der Waals surface area contributed by atoms with Gasteiger partial charge in [0.2, 0.25) is 15.9 Å². The van der Waals surface area contributed by atoms with Crippen LogP contribution < -0.4 is 10.1 Å². The minimum Gasteiger partial charge on any atom is -0.495 e. The number of rotatable bonds is 6. The van der Waals surface area contributed by atoms with Gasteiger partial charge in [-0.2, -0.15) is 4.31 Å². The molecule has 0 aliphatic carbocycles. The number of halogens is 3. The SMILES string of the molecule is COc1ccc(C)cc1S(=O)(=O)N(C)CC(=O)Nc1cc(Cl)c(Cl)cc1Cl. The molecule has 2 aromatic rings. The molecule has 6 nitrogen and oxygen atoms in total. The van der Waals surface area contributed by atoms with Crippen LogP contribution in [0.4, 0.5) is 5.69 Å². The molecule has 0 aliphatic heterocycles. The second-order valence-electron chi connectivity index (χ2n) is 5.71. The van der Waals surface area contributed by atoms with Gasteiger partial charge in [0.15, 0.2) is 0 Å². The Kier molecular flexibility index (Phi) is 6.99. The molecule has 0 saturated heterocycles. The lowest BCUT2D eigenvalue weighted by Gasteiger charge is -2.19. The van der Waals surface area contributed by atoms with Crippen LogP contribution in [0.5, 0.6) is 5.75 Å². The molecular formula is C17H17Cl3N2O4S. The van der Waals surface area contributed by atoms with Gasteiger partial charge >= 0.3 is 0 Å². The van der Waals surface area contributed by atoms with Gasteiger partial charge < -0.3 is 10.1 Å². The van der Waals surface area contributed by atoms with E-state index < -0.39 is 22.5 Å². The number of nitrogens with zero attached hydrogens (tertiary/aromatic N) is 1. The van der Waals surface area contributed by atoms with Gasteiger partial charge in [0.1, 0.15) is 10.6 Å². The van der Waals surface area contributed by atoms with Crippen molar-refractivity contribution in [3.8, 4) is 5.75 Å². The Hall–Kier alpha value is -1.51. The van der Waals surface area contributed by atoms with Crippen molar-refractivity contribution in [2.75, 3.05) is 26.0 Å².